The predicted molar refractivity (Wildman–Crippen MR) is 76.5 cm³/mol. The van der Waals surface area contributed by atoms with Crippen molar-refractivity contribution in [2.24, 2.45) is 5.92 Å². The van der Waals surface area contributed by atoms with Crippen LogP contribution in [0.3, 0.4) is 0 Å². The van der Waals surface area contributed by atoms with Crippen molar-refractivity contribution in [2.75, 3.05) is 13.1 Å². The van der Waals surface area contributed by atoms with Crippen molar-refractivity contribution in [3.8, 4) is 0 Å². The maximum Gasteiger partial charge on any atom is 0.194 e. The summed E-state index contributed by atoms with van der Waals surface area (Å²) in [5.41, 5.74) is 0.210. The highest BCUT2D eigenvalue weighted by atomic mass is 19.2. The molecule has 1 aliphatic rings. The molecule has 0 aliphatic carbocycles. The summed E-state index contributed by atoms with van der Waals surface area (Å²) in [5.74, 6) is -3.14. The van der Waals surface area contributed by atoms with Gasteiger partial charge in [-0.05, 0) is 31.4 Å². The van der Waals surface area contributed by atoms with Gasteiger partial charge in [0.15, 0.2) is 17.5 Å². The van der Waals surface area contributed by atoms with E-state index in [4.69, 9.17) is 0 Å². The Bertz CT molecular complexity index is 628. The smallest absolute Gasteiger partial charge is 0.194 e. The van der Waals surface area contributed by atoms with Gasteiger partial charge in [-0.2, -0.15) is 0 Å². The molecule has 1 aromatic carbocycles. The first-order valence-electron chi connectivity index (χ1n) is 7.44. The van der Waals surface area contributed by atoms with Crippen LogP contribution in [0, 0.1) is 23.4 Å². The fourth-order valence-electron chi connectivity index (χ4n) is 3.07. The SMILES string of the molecule is Fc1ccc(CN2CCC[C@@H](Cn3ccnc3)C2)c(F)c1F. The summed E-state index contributed by atoms with van der Waals surface area (Å²) < 4.78 is 42.1. The molecule has 0 unspecified atom stereocenters. The molecule has 118 valence electrons. The van der Waals surface area contributed by atoms with E-state index in [1.54, 1.807) is 12.5 Å². The number of aromatic nitrogens is 2. The number of nitrogens with zero attached hydrogens (tertiary/aromatic N) is 3. The summed E-state index contributed by atoms with van der Waals surface area (Å²) in [6.07, 6.45) is 7.58. The lowest BCUT2D eigenvalue weighted by atomic mass is 9.97. The molecule has 1 saturated heterocycles. The Balaban J connectivity index is 1.64. The van der Waals surface area contributed by atoms with Gasteiger partial charge in [-0.25, -0.2) is 18.2 Å². The molecule has 0 amide bonds. The van der Waals surface area contributed by atoms with Crippen LogP contribution in [-0.4, -0.2) is 27.5 Å². The molecule has 2 aromatic rings. The summed E-state index contributed by atoms with van der Waals surface area (Å²) in [5, 5.41) is 0. The van der Waals surface area contributed by atoms with Crippen molar-refractivity contribution >= 4 is 0 Å². The van der Waals surface area contributed by atoms with Crippen LogP contribution in [-0.2, 0) is 13.1 Å². The van der Waals surface area contributed by atoms with E-state index in [2.05, 4.69) is 9.88 Å². The van der Waals surface area contributed by atoms with Crippen LogP contribution in [0.2, 0.25) is 0 Å². The Labute approximate surface area is 127 Å². The summed E-state index contributed by atoms with van der Waals surface area (Å²) in [6.45, 7) is 2.84. The van der Waals surface area contributed by atoms with Gasteiger partial charge in [0.05, 0.1) is 6.33 Å². The second kappa shape index (κ2) is 6.52. The van der Waals surface area contributed by atoms with Gasteiger partial charge in [0.1, 0.15) is 0 Å². The van der Waals surface area contributed by atoms with Crippen LogP contribution < -0.4 is 0 Å². The van der Waals surface area contributed by atoms with Crippen molar-refractivity contribution in [3.63, 3.8) is 0 Å². The Hall–Kier alpha value is -1.82. The van der Waals surface area contributed by atoms with Crippen molar-refractivity contribution in [3.05, 3.63) is 53.9 Å². The third-order valence-corrected chi connectivity index (χ3v) is 4.14. The second-order valence-corrected chi connectivity index (χ2v) is 5.84. The number of hydrogen-bond acceptors (Lipinski definition) is 2. The van der Waals surface area contributed by atoms with E-state index in [0.29, 0.717) is 12.5 Å². The monoisotopic (exact) mass is 309 g/mol. The van der Waals surface area contributed by atoms with Crippen LogP contribution in [0.4, 0.5) is 13.2 Å². The third-order valence-electron chi connectivity index (χ3n) is 4.14. The molecule has 0 N–H and O–H groups in total. The van der Waals surface area contributed by atoms with Crippen LogP contribution >= 0.6 is 0 Å². The molecule has 1 atom stereocenters. The lowest BCUT2D eigenvalue weighted by molar-refractivity contribution is 0.154. The first-order valence-corrected chi connectivity index (χ1v) is 7.44. The number of piperidine rings is 1. The standard InChI is InChI=1S/C16H18F3N3/c17-14-4-3-13(15(18)16(14)19)10-21-6-1-2-12(8-21)9-22-7-5-20-11-22/h3-5,7,11-12H,1-2,6,8-10H2/t12-/m1/s1. The van der Waals surface area contributed by atoms with Gasteiger partial charge in [0.25, 0.3) is 0 Å². The molecule has 1 fully saturated rings. The van der Waals surface area contributed by atoms with E-state index in [-0.39, 0.29) is 5.56 Å². The van der Waals surface area contributed by atoms with E-state index in [9.17, 15) is 13.2 Å². The average molecular weight is 309 g/mol. The topological polar surface area (TPSA) is 21.1 Å². The van der Waals surface area contributed by atoms with Crippen molar-refractivity contribution < 1.29 is 13.2 Å². The molecule has 0 radical (unpaired) electrons. The number of rotatable bonds is 4. The molecule has 0 spiro atoms. The summed E-state index contributed by atoms with van der Waals surface area (Å²) in [6, 6.07) is 2.31. The van der Waals surface area contributed by atoms with E-state index < -0.39 is 17.5 Å². The van der Waals surface area contributed by atoms with Crippen LogP contribution in [0.15, 0.2) is 30.9 Å². The first-order chi connectivity index (χ1) is 10.6. The quantitative estimate of drug-likeness (QED) is 0.809. The minimum Gasteiger partial charge on any atom is -0.337 e. The van der Waals surface area contributed by atoms with Gasteiger partial charge in [-0.3, -0.25) is 4.90 Å². The minimum atomic E-state index is -1.38. The van der Waals surface area contributed by atoms with Crippen LogP contribution in [0.5, 0.6) is 0 Å². The van der Waals surface area contributed by atoms with Crippen molar-refractivity contribution in [1.82, 2.24) is 14.5 Å². The number of hydrogen-bond donors (Lipinski definition) is 0. The highest BCUT2D eigenvalue weighted by Gasteiger charge is 2.22. The Kier molecular flexibility index (Phi) is 4.47. The largest absolute Gasteiger partial charge is 0.337 e. The van der Waals surface area contributed by atoms with Crippen molar-refractivity contribution in [2.45, 2.75) is 25.9 Å². The van der Waals surface area contributed by atoms with Gasteiger partial charge in [0, 0.05) is 37.6 Å². The summed E-state index contributed by atoms with van der Waals surface area (Å²) in [4.78, 5) is 6.12. The number of imidazole rings is 1. The van der Waals surface area contributed by atoms with Crippen LogP contribution in [0.25, 0.3) is 0 Å². The zero-order valence-electron chi connectivity index (χ0n) is 12.2. The average Bonchev–Trinajstić information content (AvgIpc) is 3.01. The highest BCUT2D eigenvalue weighted by molar-refractivity contribution is 5.20. The fraction of sp³-hybridized carbons (Fsp3) is 0.438. The molecular formula is C16H18F3N3. The van der Waals surface area contributed by atoms with E-state index in [1.165, 1.54) is 6.07 Å². The zero-order valence-corrected chi connectivity index (χ0v) is 12.2. The van der Waals surface area contributed by atoms with Gasteiger partial charge in [-0.1, -0.05) is 6.07 Å². The summed E-state index contributed by atoms with van der Waals surface area (Å²) in [7, 11) is 0. The number of likely N-dealkylation sites (tertiary alicyclic amines) is 1. The van der Waals surface area contributed by atoms with Gasteiger partial charge in [-0.15, -0.1) is 0 Å². The molecule has 3 nitrogen and oxygen atoms in total. The van der Waals surface area contributed by atoms with Gasteiger partial charge >= 0.3 is 0 Å². The lowest BCUT2D eigenvalue weighted by Gasteiger charge is -2.33. The molecule has 0 bridgehead atoms. The molecule has 22 heavy (non-hydrogen) atoms. The molecule has 2 heterocycles. The molecule has 0 saturated carbocycles. The van der Waals surface area contributed by atoms with E-state index >= 15 is 0 Å². The minimum absolute atomic E-state index is 0.210. The molecule has 1 aliphatic heterocycles. The van der Waals surface area contributed by atoms with Gasteiger partial charge < -0.3 is 4.57 Å². The first kappa shape index (κ1) is 15.1. The maximum atomic E-state index is 13.8. The normalized spacial score (nSPS) is 19.5. The Morgan fingerprint density at radius 1 is 1.18 bits per heavy atom. The lowest BCUT2D eigenvalue weighted by Crippen LogP contribution is -2.36. The predicted octanol–water partition coefficient (Wildman–Crippen LogP) is 3.21. The summed E-state index contributed by atoms with van der Waals surface area (Å²) >= 11 is 0. The molecule has 1 aromatic heterocycles. The maximum absolute atomic E-state index is 13.8. The van der Waals surface area contributed by atoms with Crippen molar-refractivity contribution in [1.29, 1.82) is 0 Å². The Morgan fingerprint density at radius 3 is 2.82 bits per heavy atom. The molecular weight excluding hydrogens is 291 g/mol. The fourth-order valence-corrected chi connectivity index (χ4v) is 3.07. The second-order valence-electron chi connectivity index (χ2n) is 5.84. The number of halogens is 3. The zero-order chi connectivity index (χ0) is 15.5. The van der Waals surface area contributed by atoms with E-state index in [0.717, 1.165) is 38.5 Å². The van der Waals surface area contributed by atoms with Gasteiger partial charge in [0.2, 0.25) is 0 Å². The van der Waals surface area contributed by atoms with E-state index in [1.807, 2.05) is 10.8 Å². The molecule has 3 rings (SSSR count). The highest BCUT2D eigenvalue weighted by Crippen LogP contribution is 2.22. The Morgan fingerprint density at radius 2 is 2.05 bits per heavy atom. The molecule has 6 heteroatoms. The number of benzene rings is 1. The third kappa shape index (κ3) is 3.32. The van der Waals surface area contributed by atoms with Crippen LogP contribution in [0.1, 0.15) is 18.4 Å².